The van der Waals surface area contributed by atoms with Gasteiger partial charge in [-0.2, -0.15) is 0 Å². The number of rotatable bonds is 1. The zero-order valence-electron chi connectivity index (χ0n) is 14.7. The van der Waals surface area contributed by atoms with Gasteiger partial charge in [-0.05, 0) is 17.0 Å². The van der Waals surface area contributed by atoms with Gasteiger partial charge in [0.05, 0.1) is 24.1 Å². The molecule has 2 aliphatic carbocycles. The summed E-state index contributed by atoms with van der Waals surface area (Å²) in [5, 5.41) is 21.4. The SMILES string of the molecule is C[Si](C)(C)c1cc2c(s1)C(=O)c1c(O)c3c(c(O)c1C2=O)CC(=O)CC3. The van der Waals surface area contributed by atoms with Crippen LogP contribution in [0.5, 0.6) is 11.5 Å². The predicted octanol–water partition coefficient (Wildman–Crippen LogP) is 2.54. The Hall–Kier alpha value is -2.25. The van der Waals surface area contributed by atoms with Crippen LogP contribution in [0.1, 0.15) is 48.7 Å². The van der Waals surface area contributed by atoms with E-state index in [1.54, 1.807) is 6.07 Å². The zero-order valence-corrected chi connectivity index (χ0v) is 16.5. The molecule has 0 saturated carbocycles. The van der Waals surface area contributed by atoms with Crippen molar-refractivity contribution in [2.24, 2.45) is 0 Å². The van der Waals surface area contributed by atoms with Gasteiger partial charge < -0.3 is 10.2 Å². The number of hydrogen-bond donors (Lipinski definition) is 2. The largest absolute Gasteiger partial charge is 0.507 e. The fourth-order valence-electron chi connectivity index (χ4n) is 3.62. The van der Waals surface area contributed by atoms with Crippen LogP contribution in [0.15, 0.2) is 6.07 Å². The maximum Gasteiger partial charge on any atom is 0.208 e. The first-order valence-corrected chi connectivity index (χ1v) is 12.8. The first-order chi connectivity index (χ1) is 12.1. The molecule has 0 spiro atoms. The Balaban J connectivity index is 2.00. The maximum atomic E-state index is 13.1. The molecule has 0 fully saturated rings. The van der Waals surface area contributed by atoms with E-state index in [1.165, 1.54) is 11.3 Å². The third-order valence-corrected chi connectivity index (χ3v) is 9.78. The van der Waals surface area contributed by atoms with Crippen molar-refractivity contribution in [2.75, 3.05) is 0 Å². The van der Waals surface area contributed by atoms with Gasteiger partial charge in [0, 0.05) is 29.5 Å². The minimum Gasteiger partial charge on any atom is -0.507 e. The lowest BCUT2D eigenvalue weighted by Crippen LogP contribution is -2.35. The van der Waals surface area contributed by atoms with E-state index in [2.05, 4.69) is 19.6 Å². The Labute approximate surface area is 155 Å². The molecule has 26 heavy (non-hydrogen) atoms. The van der Waals surface area contributed by atoms with Crippen LogP contribution in [0.3, 0.4) is 0 Å². The average molecular weight is 387 g/mol. The Bertz CT molecular complexity index is 1030. The number of benzene rings is 1. The monoisotopic (exact) mass is 386 g/mol. The molecule has 0 radical (unpaired) electrons. The smallest absolute Gasteiger partial charge is 0.208 e. The van der Waals surface area contributed by atoms with E-state index in [0.29, 0.717) is 16.0 Å². The molecule has 1 aromatic carbocycles. The number of aromatic hydroxyl groups is 2. The molecule has 5 nitrogen and oxygen atoms in total. The highest BCUT2D eigenvalue weighted by molar-refractivity contribution is 7.28. The number of carbonyl (C=O) groups excluding carboxylic acids is 3. The van der Waals surface area contributed by atoms with Crippen molar-refractivity contribution in [2.45, 2.75) is 38.9 Å². The van der Waals surface area contributed by atoms with E-state index in [9.17, 15) is 24.6 Å². The normalized spacial score (nSPS) is 16.3. The summed E-state index contributed by atoms with van der Waals surface area (Å²) < 4.78 is 1.02. The summed E-state index contributed by atoms with van der Waals surface area (Å²) in [6, 6.07) is 1.76. The van der Waals surface area contributed by atoms with Crippen LogP contribution in [0.2, 0.25) is 19.6 Å². The highest BCUT2D eigenvalue weighted by atomic mass is 32.1. The first kappa shape index (κ1) is 17.2. The molecule has 0 bridgehead atoms. The highest BCUT2D eigenvalue weighted by Crippen LogP contribution is 2.45. The standard InChI is InChI=1S/C19H18O5SSi/c1-26(2,3)12-7-11-17(23)13-14(18(24)19(11)25-12)15(21)9-5-4-8(20)6-10(9)16(13)22/h7,21-22H,4-6H2,1-3H3. The number of Topliss-reactive ketones (excluding diaryl/α,β-unsaturated/α-hetero) is 1. The molecule has 0 amide bonds. The maximum absolute atomic E-state index is 13.1. The van der Waals surface area contributed by atoms with Gasteiger partial charge in [0.25, 0.3) is 0 Å². The van der Waals surface area contributed by atoms with Gasteiger partial charge in [0.15, 0.2) is 5.78 Å². The van der Waals surface area contributed by atoms with Gasteiger partial charge in [0.1, 0.15) is 17.3 Å². The van der Waals surface area contributed by atoms with Crippen molar-refractivity contribution in [3.63, 3.8) is 0 Å². The van der Waals surface area contributed by atoms with Crippen LogP contribution in [0.25, 0.3) is 0 Å². The van der Waals surface area contributed by atoms with E-state index >= 15 is 0 Å². The van der Waals surface area contributed by atoms with Crippen molar-refractivity contribution in [3.8, 4) is 11.5 Å². The molecule has 1 aromatic heterocycles. The quantitative estimate of drug-likeness (QED) is 0.495. The third-order valence-electron chi connectivity index (χ3n) is 5.06. The van der Waals surface area contributed by atoms with Gasteiger partial charge in [0.2, 0.25) is 5.78 Å². The van der Waals surface area contributed by atoms with Gasteiger partial charge >= 0.3 is 0 Å². The topological polar surface area (TPSA) is 91.7 Å². The van der Waals surface area contributed by atoms with Gasteiger partial charge in [-0.25, -0.2) is 0 Å². The van der Waals surface area contributed by atoms with Crippen LogP contribution in [-0.2, 0) is 17.6 Å². The van der Waals surface area contributed by atoms with Crippen molar-refractivity contribution in [1.82, 2.24) is 0 Å². The fraction of sp³-hybridized carbons (Fsp3) is 0.316. The van der Waals surface area contributed by atoms with Gasteiger partial charge in [-0.15, -0.1) is 11.3 Å². The number of phenolic OH excluding ortho intramolecular Hbond substituents is 2. The average Bonchev–Trinajstić information content (AvgIpc) is 3.02. The second-order valence-electron chi connectivity index (χ2n) is 7.88. The van der Waals surface area contributed by atoms with Gasteiger partial charge in [-0.3, -0.25) is 14.4 Å². The molecule has 2 aromatic rings. The molecular formula is C19H18O5SSi. The summed E-state index contributed by atoms with van der Waals surface area (Å²) >= 11 is 1.31. The lowest BCUT2D eigenvalue weighted by molar-refractivity contribution is -0.118. The Kier molecular flexibility index (Phi) is 3.55. The molecule has 2 aliphatic rings. The van der Waals surface area contributed by atoms with Crippen molar-refractivity contribution < 1.29 is 24.6 Å². The van der Waals surface area contributed by atoms with Crippen LogP contribution in [0.4, 0.5) is 0 Å². The first-order valence-electron chi connectivity index (χ1n) is 8.46. The van der Waals surface area contributed by atoms with E-state index in [1.807, 2.05) is 0 Å². The highest BCUT2D eigenvalue weighted by Gasteiger charge is 2.40. The molecule has 4 rings (SSSR count). The van der Waals surface area contributed by atoms with Crippen LogP contribution in [-0.4, -0.2) is 35.6 Å². The summed E-state index contributed by atoms with van der Waals surface area (Å²) in [4.78, 5) is 38.2. The zero-order chi connectivity index (χ0) is 19.0. The number of hydrogen-bond acceptors (Lipinski definition) is 6. The molecule has 1 heterocycles. The Morgan fingerprint density at radius 3 is 2.19 bits per heavy atom. The lowest BCUT2D eigenvalue weighted by atomic mass is 9.80. The van der Waals surface area contributed by atoms with Crippen LogP contribution < -0.4 is 4.50 Å². The molecule has 0 aliphatic heterocycles. The van der Waals surface area contributed by atoms with Gasteiger partial charge in [-0.1, -0.05) is 19.6 Å². The summed E-state index contributed by atoms with van der Waals surface area (Å²) in [5.74, 6) is -1.52. The molecule has 7 heteroatoms. The fourth-order valence-corrected chi connectivity index (χ4v) is 6.58. The molecule has 2 N–H and O–H groups in total. The summed E-state index contributed by atoms with van der Waals surface area (Å²) in [6.07, 6.45) is 0.491. The lowest BCUT2D eigenvalue weighted by Gasteiger charge is -2.24. The molecule has 134 valence electrons. The van der Waals surface area contributed by atoms with E-state index in [4.69, 9.17) is 0 Å². The predicted molar refractivity (Wildman–Crippen MR) is 101 cm³/mol. The molecule has 0 saturated heterocycles. The molecule has 0 unspecified atom stereocenters. The third kappa shape index (κ3) is 2.23. The van der Waals surface area contributed by atoms with E-state index < -0.39 is 19.6 Å². The minimum absolute atomic E-state index is 0.0277. The number of ketones is 3. The van der Waals surface area contributed by atoms with E-state index in [0.717, 1.165) is 4.50 Å². The van der Waals surface area contributed by atoms with Crippen LogP contribution in [0, 0.1) is 0 Å². The number of fused-ring (bicyclic) bond motifs is 3. The van der Waals surface area contributed by atoms with Crippen molar-refractivity contribution in [3.05, 3.63) is 38.8 Å². The number of phenols is 2. The summed E-state index contributed by atoms with van der Waals surface area (Å²) in [7, 11) is -1.73. The van der Waals surface area contributed by atoms with Crippen molar-refractivity contribution >= 4 is 41.3 Å². The number of carbonyl (C=O) groups is 3. The Morgan fingerprint density at radius 2 is 1.54 bits per heavy atom. The van der Waals surface area contributed by atoms with E-state index in [-0.39, 0.29) is 53.2 Å². The van der Waals surface area contributed by atoms with Crippen molar-refractivity contribution in [1.29, 1.82) is 0 Å². The molecular weight excluding hydrogens is 368 g/mol. The molecule has 0 atom stereocenters. The minimum atomic E-state index is -1.73. The second-order valence-corrected chi connectivity index (χ2v) is 14.3. The number of thiophene rings is 1. The summed E-state index contributed by atoms with van der Waals surface area (Å²) in [6.45, 7) is 6.39. The summed E-state index contributed by atoms with van der Waals surface area (Å²) in [5.41, 5.74) is 0.710. The van der Waals surface area contributed by atoms with Crippen LogP contribution >= 0.6 is 11.3 Å². The second kappa shape index (κ2) is 5.37. The Morgan fingerprint density at radius 1 is 0.923 bits per heavy atom.